The van der Waals surface area contributed by atoms with Crippen molar-refractivity contribution in [3.63, 3.8) is 0 Å². The summed E-state index contributed by atoms with van der Waals surface area (Å²) in [7, 11) is 3.27. The van der Waals surface area contributed by atoms with Crippen molar-refractivity contribution in [3.05, 3.63) is 54.1 Å². The Morgan fingerprint density at radius 1 is 1.00 bits per heavy atom. The van der Waals surface area contributed by atoms with Crippen LogP contribution < -0.4 is 20.1 Å². The third-order valence-electron chi connectivity index (χ3n) is 3.18. The predicted molar refractivity (Wildman–Crippen MR) is 93.9 cm³/mol. The fraction of sp³-hybridized carbons (Fsp3) is 0.235. The summed E-state index contributed by atoms with van der Waals surface area (Å²) in [5.74, 6) is 1.48. The highest BCUT2D eigenvalue weighted by atomic mass is 32.1. The lowest BCUT2D eigenvalue weighted by atomic mass is 10.1. The molecular weight excluding hydrogens is 296 g/mol. The van der Waals surface area contributed by atoms with Gasteiger partial charge in [0, 0.05) is 12.2 Å². The average Bonchev–Trinajstić information content (AvgIpc) is 2.55. The smallest absolute Gasteiger partial charge is 0.170 e. The molecule has 0 saturated carbocycles. The summed E-state index contributed by atoms with van der Waals surface area (Å²) < 4.78 is 10.5. The van der Waals surface area contributed by atoms with E-state index >= 15 is 0 Å². The number of ether oxygens (including phenoxy) is 2. The zero-order chi connectivity index (χ0) is 15.8. The second-order valence-electron chi connectivity index (χ2n) is 4.69. The predicted octanol–water partition coefficient (Wildman–Crippen LogP) is 3.23. The van der Waals surface area contributed by atoms with Gasteiger partial charge < -0.3 is 20.1 Å². The van der Waals surface area contributed by atoms with Crippen molar-refractivity contribution >= 4 is 23.0 Å². The van der Waals surface area contributed by atoms with Gasteiger partial charge in [-0.3, -0.25) is 0 Å². The maximum absolute atomic E-state index is 5.30. The van der Waals surface area contributed by atoms with Gasteiger partial charge in [-0.25, -0.2) is 0 Å². The third kappa shape index (κ3) is 4.63. The maximum Gasteiger partial charge on any atom is 0.170 e. The summed E-state index contributed by atoms with van der Waals surface area (Å²) in [6.45, 7) is 0.744. The van der Waals surface area contributed by atoms with Crippen LogP contribution in [0.4, 0.5) is 5.69 Å². The van der Waals surface area contributed by atoms with Gasteiger partial charge in [-0.1, -0.05) is 24.3 Å². The largest absolute Gasteiger partial charge is 0.493 e. The molecule has 0 saturated heterocycles. The van der Waals surface area contributed by atoms with Gasteiger partial charge in [-0.05, 0) is 48.5 Å². The van der Waals surface area contributed by atoms with Crippen LogP contribution in [0.15, 0.2) is 48.5 Å². The molecule has 0 aliphatic rings. The van der Waals surface area contributed by atoms with Crippen molar-refractivity contribution < 1.29 is 9.47 Å². The van der Waals surface area contributed by atoms with E-state index in [1.54, 1.807) is 14.2 Å². The summed E-state index contributed by atoms with van der Waals surface area (Å²) in [6, 6.07) is 15.8. The van der Waals surface area contributed by atoms with Crippen LogP contribution in [-0.4, -0.2) is 25.9 Å². The summed E-state index contributed by atoms with van der Waals surface area (Å²) in [6.07, 6.45) is 0.844. The summed E-state index contributed by atoms with van der Waals surface area (Å²) in [4.78, 5) is 0. The Kier molecular flexibility index (Phi) is 6.03. The first-order valence-electron chi connectivity index (χ1n) is 7.03. The Bertz CT molecular complexity index is 617. The molecule has 0 aliphatic heterocycles. The Morgan fingerprint density at radius 2 is 1.73 bits per heavy atom. The molecule has 0 atom stereocenters. The Morgan fingerprint density at radius 3 is 2.41 bits per heavy atom. The number of thiocarbonyl (C=S) groups is 1. The lowest BCUT2D eigenvalue weighted by Crippen LogP contribution is -2.30. The van der Waals surface area contributed by atoms with Crippen molar-refractivity contribution in [2.45, 2.75) is 6.42 Å². The van der Waals surface area contributed by atoms with Gasteiger partial charge in [0.2, 0.25) is 0 Å². The molecule has 116 valence electrons. The fourth-order valence-electron chi connectivity index (χ4n) is 2.05. The van der Waals surface area contributed by atoms with Crippen molar-refractivity contribution in [2.75, 3.05) is 26.1 Å². The van der Waals surface area contributed by atoms with Crippen molar-refractivity contribution in [1.82, 2.24) is 5.32 Å². The maximum atomic E-state index is 5.30. The third-order valence-corrected chi connectivity index (χ3v) is 3.43. The first kappa shape index (κ1) is 16.1. The topological polar surface area (TPSA) is 42.5 Å². The second kappa shape index (κ2) is 8.24. The highest BCUT2D eigenvalue weighted by Crippen LogP contribution is 2.27. The molecule has 0 radical (unpaired) electrons. The minimum absolute atomic E-state index is 0.617. The molecule has 0 unspecified atom stereocenters. The molecule has 2 aromatic carbocycles. The van der Waals surface area contributed by atoms with E-state index in [0.29, 0.717) is 5.11 Å². The number of methoxy groups -OCH3 is 2. The van der Waals surface area contributed by atoms with Gasteiger partial charge in [0.05, 0.1) is 14.2 Å². The van der Waals surface area contributed by atoms with E-state index in [1.807, 2.05) is 48.5 Å². The molecule has 2 rings (SSSR count). The number of hydrogen-bond acceptors (Lipinski definition) is 3. The molecule has 0 aromatic heterocycles. The first-order chi connectivity index (χ1) is 10.7. The molecule has 2 N–H and O–H groups in total. The molecule has 0 fully saturated rings. The molecule has 0 aliphatic carbocycles. The SMILES string of the molecule is COc1ccc(CCNC(=S)Nc2ccccc2)cc1OC. The van der Waals surface area contributed by atoms with Crippen molar-refractivity contribution in [3.8, 4) is 11.5 Å². The molecular formula is C17H20N2O2S. The zero-order valence-electron chi connectivity index (χ0n) is 12.8. The summed E-state index contributed by atoms with van der Waals surface area (Å²) >= 11 is 5.27. The van der Waals surface area contributed by atoms with E-state index in [9.17, 15) is 0 Å². The van der Waals surface area contributed by atoms with E-state index in [0.717, 1.165) is 35.7 Å². The van der Waals surface area contributed by atoms with Crippen LogP contribution in [0, 0.1) is 0 Å². The number of para-hydroxylation sites is 1. The normalized spacial score (nSPS) is 9.91. The summed E-state index contributed by atoms with van der Waals surface area (Å²) in [5.41, 5.74) is 2.14. The highest BCUT2D eigenvalue weighted by molar-refractivity contribution is 7.80. The average molecular weight is 316 g/mol. The lowest BCUT2D eigenvalue weighted by molar-refractivity contribution is 0.354. The van der Waals surface area contributed by atoms with Crippen molar-refractivity contribution in [1.29, 1.82) is 0 Å². The highest BCUT2D eigenvalue weighted by Gasteiger charge is 2.04. The molecule has 22 heavy (non-hydrogen) atoms. The van der Waals surface area contributed by atoms with E-state index in [4.69, 9.17) is 21.7 Å². The Labute approximate surface area is 136 Å². The van der Waals surface area contributed by atoms with E-state index in [-0.39, 0.29) is 0 Å². The van der Waals surface area contributed by atoms with Gasteiger partial charge in [0.1, 0.15) is 0 Å². The lowest BCUT2D eigenvalue weighted by Gasteiger charge is -2.12. The second-order valence-corrected chi connectivity index (χ2v) is 5.09. The molecule has 4 nitrogen and oxygen atoms in total. The molecule has 5 heteroatoms. The van der Waals surface area contributed by atoms with Crippen molar-refractivity contribution in [2.24, 2.45) is 0 Å². The first-order valence-corrected chi connectivity index (χ1v) is 7.44. The number of anilines is 1. The van der Waals surface area contributed by atoms with Gasteiger partial charge >= 0.3 is 0 Å². The van der Waals surface area contributed by atoms with Gasteiger partial charge in [-0.15, -0.1) is 0 Å². The fourth-order valence-corrected chi connectivity index (χ4v) is 2.27. The monoisotopic (exact) mass is 316 g/mol. The molecule has 0 spiro atoms. The molecule has 0 bridgehead atoms. The minimum Gasteiger partial charge on any atom is -0.493 e. The Hall–Kier alpha value is -2.27. The van der Waals surface area contributed by atoms with Gasteiger partial charge in [0.15, 0.2) is 16.6 Å². The Balaban J connectivity index is 1.82. The van der Waals surface area contributed by atoms with E-state index < -0.39 is 0 Å². The number of hydrogen-bond donors (Lipinski definition) is 2. The number of benzene rings is 2. The van der Waals surface area contributed by atoms with Crippen LogP contribution >= 0.6 is 12.2 Å². The molecule has 0 amide bonds. The standard InChI is InChI=1S/C17H20N2O2S/c1-20-15-9-8-13(12-16(15)21-2)10-11-18-17(22)19-14-6-4-3-5-7-14/h3-9,12H,10-11H2,1-2H3,(H2,18,19,22). The number of rotatable bonds is 6. The van der Waals surface area contributed by atoms with Crippen LogP contribution in [0.2, 0.25) is 0 Å². The van der Waals surface area contributed by atoms with Crippen LogP contribution in [0.25, 0.3) is 0 Å². The number of nitrogens with one attached hydrogen (secondary N) is 2. The van der Waals surface area contributed by atoms with Crippen LogP contribution in [0.1, 0.15) is 5.56 Å². The zero-order valence-corrected chi connectivity index (χ0v) is 13.6. The van der Waals surface area contributed by atoms with Gasteiger partial charge in [-0.2, -0.15) is 0 Å². The van der Waals surface area contributed by atoms with Crippen LogP contribution in [0.5, 0.6) is 11.5 Å². The van der Waals surface area contributed by atoms with Crippen LogP contribution in [0.3, 0.4) is 0 Å². The summed E-state index contributed by atoms with van der Waals surface area (Å²) in [5, 5.41) is 6.96. The molecule has 2 aromatic rings. The molecule has 0 heterocycles. The quantitative estimate of drug-likeness (QED) is 0.801. The van der Waals surface area contributed by atoms with Gasteiger partial charge in [0.25, 0.3) is 0 Å². The van der Waals surface area contributed by atoms with E-state index in [2.05, 4.69) is 10.6 Å². The minimum atomic E-state index is 0.617. The van der Waals surface area contributed by atoms with Crippen LogP contribution in [-0.2, 0) is 6.42 Å². The van der Waals surface area contributed by atoms with E-state index in [1.165, 1.54) is 0 Å².